The maximum absolute atomic E-state index is 11.9. The van der Waals surface area contributed by atoms with Crippen LogP contribution in [-0.4, -0.2) is 24.1 Å². The molecule has 2 aromatic carbocycles. The summed E-state index contributed by atoms with van der Waals surface area (Å²) in [4.78, 5) is 23.8. The number of ether oxygens (including phenoxy) is 1. The number of carbonyl (C=O) groups excluding carboxylic acids is 2. The van der Waals surface area contributed by atoms with E-state index in [1.165, 1.54) is 0 Å². The zero-order chi connectivity index (χ0) is 18.8. The fourth-order valence-electron chi connectivity index (χ4n) is 2.20. The zero-order valence-corrected chi connectivity index (χ0v) is 15.0. The molecule has 0 bridgehead atoms. The number of hydrogen-bond donors (Lipinski definition) is 2. The van der Waals surface area contributed by atoms with Crippen LogP contribution in [0.5, 0.6) is 5.75 Å². The molecule has 2 rings (SSSR count). The highest BCUT2D eigenvalue weighted by atomic mass is 16.5. The van der Waals surface area contributed by atoms with E-state index in [4.69, 9.17) is 4.74 Å². The summed E-state index contributed by atoms with van der Waals surface area (Å²) < 4.78 is 5.34. The number of rotatable bonds is 8. The molecule has 2 N–H and O–H groups in total. The van der Waals surface area contributed by atoms with Gasteiger partial charge < -0.3 is 10.1 Å². The maximum atomic E-state index is 11.9. The number of anilines is 1. The molecule has 0 saturated heterocycles. The molecule has 0 aliphatic heterocycles. The lowest BCUT2D eigenvalue weighted by molar-refractivity contribution is -0.124. The predicted molar refractivity (Wildman–Crippen MR) is 102 cm³/mol. The van der Waals surface area contributed by atoms with E-state index in [9.17, 15) is 9.59 Å². The van der Waals surface area contributed by atoms with Crippen molar-refractivity contribution >= 4 is 23.2 Å². The lowest BCUT2D eigenvalue weighted by atomic mass is 10.1. The van der Waals surface area contributed by atoms with Gasteiger partial charge in [0, 0.05) is 18.5 Å². The van der Waals surface area contributed by atoms with E-state index < -0.39 is 0 Å². The molecule has 0 fully saturated rings. The first-order valence-electron chi connectivity index (χ1n) is 8.49. The number of amides is 2. The molecule has 2 amide bonds. The molecule has 0 aliphatic rings. The summed E-state index contributed by atoms with van der Waals surface area (Å²) in [7, 11) is 0. The van der Waals surface area contributed by atoms with Crippen molar-refractivity contribution in [3.8, 4) is 5.75 Å². The van der Waals surface area contributed by atoms with Gasteiger partial charge in [0.15, 0.2) is 0 Å². The summed E-state index contributed by atoms with van der Waals surface area (Å²) in [6.07, 6.45) is 0.146. The molecule has 0 unspecified atom stereocenters. The molecule has 6 nitrogen and oxygen atoms in total. The van der Waals surface area contributed by atoms with Crippen molar-refractivity contribution in [1.29, 1.82) is 0 Å². The van der Waals surface area contributed by atoms with Gasteiger partial charge in [0.05, 0.1) is 12.3 Å². The van der Waals surface area contributed by atoms with Crippen LogP contribution in [0.25, 0.3) is 0 Å². The lowest BCUT2D eigenvalue weighted by Crippen LogP contribution is -2.21. The molecule has 0 heterocycles. The minimum absolute atomic E-state index is 0.0639. The van der Waals surface area contributed by atoms with Crippen molar-refractivity contribution in [2.24, 2.45) is 5.10 Å². The molecule has 26 heavy (non-hydrogen) atoms. The highest BCUT2D eigenvalue weighted by Crippen LogP contribution is 2.15. The number of nitrogens with one attached hydrogen (secondary N) is 2. The standard InChI is InChI=1S/C20H23N3O3/c1-3-26-18-11-9-17(10-12-18)21-19(24)13-14-20(25)23-22-15(2)16-7-5-4-6-8-16/h4-12H,3,13-14H2,1-2H3,(H,21,24)(H,23,25)/b22-15+. The van der Waals surface area contributed by atoms with E-state index in [0.29, 0.717) is 18.0 Å². The van der Waals surface area contributed by atoms with Crippen molar-refractivity contribution in [1.82, 2.24) is 5.43 Å². The third-order valence-corrected chi connectivity index (χ3v) is 3.57. The Balaban J connectivity index is 1.75. The Bertz CT molecular complexity index is 756. The fourth-order valence-corrected chi connectivity index (χ4v) is 2.20. The third-order valence-electron chi connectivity index (χ3n) is 3.57. The Morgan fingerprint density at radius 1 is 0.962 bits per heavy atom. The first-order chi connectivity index (χ1) is 12.6. The van der Waals surface area contributed by atoms with Gasteiger partial charge in [-0.1, -0.05) is 30.3 Å². The molecule has 0 aliphatic carbocycles. The van der Waals surface area contributed by atoms with Gasteiger partial charge in [-0.25, -0.2) is 5.43 Å². The summed E-state index contributed by atoms with van der Waals surface area (Å²) in [6.45, 7) is 4.31. The van der Waals surface area contributed by atoms with Crippen molar-refractivity contribution in [2.75, 3.05) is 11.9 Å². The summed E-state index contributed by atoms with van der Waals surface area (Å²) >= 11 is 0. The Hall–Kier alpha value is -3.15. The van der Waals surface area contributed by atoms with Crippen LogP contribution in [0.3, 0.4) is 0 Å². The zero-order valence-electron chi connectivity index (χ0n) is 15.0. The molecule has 0 aromatic heterocycles. The van der Waals surface area contributed by atoms with Gasteiger partial charge in [0.25, 0.3) is 0 Å². The summed E-state index contributed by atoms with van der Waals surface area (Å²) in [5.74, 6) is 0.215. The monoisotopic (exact) mass is 353 g/mol. The second-order valence-electron chi connectivity index (χ2n) is 5.60. The van der Waals surface area contributed by atoms with Gasteiger partial charge in [-0.05, 0) is 43.7 Å². The topological polar surface area (TPSA) is 79.8 Å². The Labute approximate surface area is 153 Å². The second-order valence-corrected chi connectivity index (χ2v) is 5.60. The molecular weight excluding hydrogens is 330 g/mol. The summed E-state index contributed by atoms with van der Waals surface area (Å²) in [5.41, 5.74) is 4.78. The third kappa shape index (κ3) is 6.39. The minimum Gasteiger partial charge on any atom is -0.494 e. The van der Waals surface area contributed by atoms with E-state index in [2.05, 4.69) is 15.8 Å². The molecule has 0 spiro atoms. The van der Waals surface area contributed by atoms with Crippen LogP contribution in [0.2, 0.25) is 0 Å². The van der Waals surface area contributed by atoms with Gasteiger partial charge in [-0.2, -0.15) is 5.10 Å². The Kier molecular flexibility index (Phi) is 7.36. The largest absolute Gasteiger partial charge is 0.494 e. The van der Waals surface area contributed by atoms with Crippen LogP contribution in [0, 0.1) is 0 Å². The van der Waals surface area contributed by atoms with Gasteiger partial charge in [0.2, 0.25) is 11.8 Å². The van der Waals surface area contributed by atoms with Crippen molar-refractivity contribution in [3.05, 3.63) is 60.2 Å². The number of hydrazone groups is 1. The minimum atomic E-state index is -0.304. The number of nitrogens with zero attached hydrogens (tertiary/aromatic N) is 1. The van der Waals surface area contributed by atoms with Crippen LogP contribution in [0.4, 0.5) is 5.69 Å². The first kappa shape index (κ1) is 19.2. The average Bonchev–Trinajstić information content (AvgIpc) is 2.67. The first-order valence-corrected chi connectivity index (χ1v) is 8.49. The summed E-state index contributed by atoms with van der Waals surface area (Å²) in [6, 6.07) is 16.6. The van der Waals surface area contributed by atoms with Crippen LogP contribution in [0.15, 0.2) is 59.7 Å². The quantitative estimate of drug-likeness (QED) is 0.564. The SMILES string of the molecule is CCOc1ccc(NC(=O)CCC(=O)N/N=C(\C)c2ccccc2)cc1. The smallest absolute Gasteiger partial charge is 0.240 e. The van der Waals surface area contributed by atoms with Crippen LogP contribution < -0.4 is 15.5 Å². The molecule has 0 atom stereocenters. The van der Waals surface area contributed by atoms with E-state index >= 15 is 0 Å². The number of benzene rings is 2. The van der Waals surface area contributed by atoms with Crippen molar-refractivity contribution < 1.29 is 14.3 Å². The van der Waals surface area contributed by atoms with E-state index in [-0.39, 0.29) is 24.7 Å². The van der Waals surface area contributed by atoms with Gasteiger partial charge in [0.1, 0.15) is 5.75 Å². The number of hydrogen-bond acceptors (Lipinski definition) is 4. The van der Waals surface area contributed by atoms with Crippen LogP contribution in [-0.2, 0) is 9.59 Å². The molecule has 0 saturated carbocycles. The molecule has 6 heteroatoms. The molecule has 2 aromatic rings. The van der Waals surface area contributed by atoms with Crippen LogP contribution >= 0.6 is 0 Å². The van der Waals surface area contributed by atoms with E-state index in [0.717, 1.165) is 11.3 Å². The Morgan fingerprint density at radius 3 is 2.27 bits per heavy atom. The van der Waals surface area contributed by atoms with Gasteiger partial charge in [-0.3, -0.25) is 9.59 Å². The lowest BCUT2D eigenvalue weighted by Gasteiger charge is -2.07. The van der Waals surface area contributed by atoms with Crippen molar-refractivity contribution in [3.63, 3.8) is 0 Å². The highest BCUT2D eigenvalue weighted by Gasteiger charge is 2.07. The average molecular weight is 353 g/mol. The molecule has 136 valence electrons. The highest BCUT2D eigenvalue weighted by molar-refractivity contribution is 5.99. The summed E-state index contributed by atoms with van der Waals surface area (Å²) in [5, 5.41) is 6.80. The Morgan fingerprint density at radius 2 is 1.62 bits per heavy atom. The second kappa shape index (κ2) is 9.98. The predicted octanol–water partition coefficient (Wildman–Crippen LogP) is 3.34. The van der Waals surface area contributed by atoms with Gasteiger partial charge >= 0.3 is 0 Å². The molecular formula is C20H23N3O3. The van der Waals surface area contributed by atoms with E-state index in [1.807, 2.05) is 44.2 Å². The van der Waals surface area contributed by atoms with Crippen molar-refractivity contribution in [2.45, 2.75) is 26.7 Å². The van der Waals surface area contributed by atoms with Crippen LogP contribution in [0.1, 0.15) is 32.3 Å². The molecule has 0 radical (unpaired) electrons. The maximum Gasteiger partial charge on any atom is 0.240 e. The van der Waals surface area contributed by atoms with E-state index in [1.54, 1.807) is 24.3 Å². The normalized spacial score (nSPS) is 10.9. The fraction of sp³-hybridized carbons (Fsp3) is 0.250. The van der Waals surface area contributed by atoms with Gasteiger partial charge in [-0.15, -0.1) is 0 Å². The number of carbonyl (C=O) groups is 2.